The predicted molar refractivity (Wildman–Crippen MR) is 71.3 cm³/mol. The van der Waals surface area contributed by atoms with Gasteiger partial charge >= 0.3 is 23.2 Å². The van der Waals surface area contributed by atoms with Crippen molar-refractivity contribution < 1.29 is 40.1 Å². The summed E-state index contributed by atoms with van der Waals surface area (Å²) in [5, 5.41) is -2.82. The van der Waals surface area contributed by atoms with E-state index in [0.717, 1.165) is 6.92 Å². The number of hydrogen-bond acceptors (Lipinski definition) is 4. The van der Waals surface area contributed by atoms with E-state index < -0.39 is 41.4 Å². The Kier molecular flexibility index (Phi) is 5.46. The van der Waals surface area contributed by atoms with Gasteiger partial charge in [-0.15, -0.1) is 0 Å². The van der Waals surface area contributed by atoms with E-state index in [-0.39, 0.29) is 5.56 Å². The lowest BCUT2D eigenvalue weighted by Crippen LogP contribution is -2.41. The standard InChI is InChI=1S/C11H14F3O6PS/c1-2-10(21(15,16)17,8-9-6-4-3-5-7-9)20-22(18,19)11(12,13)14/h3-7H,2,8H2,1H3,(H2,15,16,17). The summed E-state index contributed by atoms with van der Waals surface area (Å²) in [6.07, 6.45) is -1.33. The molecule has 0 amide bonds. The molecule has 1 aromatic carbocycles. The van der Waals surface area contributed by atoms with E-state index >= 15 is 0 Å². The van der Waals surface area contributed by atoms with E-state index in [1.165, 1.54) is 24.3 Å². The van der Waals surface area contributed by atoms with Crippen molar-refractivity contribution in [2.75, 3.05) is 0 Å². The quantitative estimate of drug-likeness (QED) is 0.458. The van der Waals surface area contributed by atoms with Crippen LogP contribution in [0.15, 0.2) is 30.3 Å². The van der Waals surface area contributed by atoms with Crippen LogP contribution in [0.2, 0.25) is 0 Å². The first-order valence-electron chi connectivity index (χ1n) is 5.96. The van der Waals surface area contributed by atoms with E-state index in [0.29, 0.717) is 0 Å². The van der Waals surface area contributed by atoms with Crippen LogP contribution in [-0.2, 0) is 25.3 Å². The molecule has 0 saturated carbocycles. The predicted octanol–water partition coefficient (Wildman–Crippen LogP) is 2.38. The van der Waals surface area contributed by atoms with Gasteiger partial charge in [0.25, 0.3) is 0 Å². The summed E-state index contributed by atoms with van der Waals surface area (Å²) in [4.78, 5) is 18.7. The van der Waals surface area contributed by atoms with Crippen molar-refractivity contribution in [1.82, 2.24) is 0 Å². The Balaban J connectivity index is 3.33. The third-order valence-corrected chi connectivity index (χ3v) is 5.81. The lowest BCUT2D eigenvalue weighted by Gasteiger charge is -2.32. The first kappa shape index (κ1) is 19.1. The minimum absolute atomic E-state index is 0.227. The number of alkyl halides is 3. The Hall–Kier alpha value is -0.930. The molecule has 0 saturated heterocycles. The van der Waals surface area contributed by atoms with Crippen LogP contribution in [0, 0.1) is 0 Å². The van der Waals surface area contributed by atoms with Gasteiger partial charge in [0.1, 0.15) is 0 Å². The Bertz CT molecular complexity index is 654. The van der Waals surface area contributed by atoms with Crippen molar-refractivity contribution in [3.63, 3.8) is 0 Å². The van der Waals surface area contributed by atoms with Gasteiger partial charge in [0, 0.05) is 6.42 Å². The zero-order valence-corrected chi connectivity index (χ0v) is 13.0. The van der Waals surface area contributed by atoms with Crippen LogP contribution in [0.25, 0.3) is 0 Å². The van der Waals surface area contributed by atoms with Crippen LogP contribution >= 0.6 is 7.60 Å². The molecular formula is C11H14F3O6PS. The van der Waals surface area contributed by atoms with Crippen molar-refractivity contribution in [3.05, 3.63) is 35.9 Å². The molecule has 0 spiro atoms. The fraction of sp³-hybridized carbons (Fsp3) is 0.455. The summed E-state index contributed by atoms with van der Waals surface area (Å²) in [5.74, 6) is 0. The van der Waals surface area contributed by atoms with E-state index in [1.54, 1.807) is 6.07 Å². The average molecular weight is 362 g/mol. The molecule has 2 N–H and O–H groups in total. The maximum Gasteiger partial charge on any atom is 0.523 e. The fourth-order valence-electron chi connectivity index (χ4n) is 1.74. The third kappa shape index (κ3) is 4.08. The molecule has 1 unspecified atom stereocenters. The van der Waals surface area contributed by atoms with Gasteiger partial charge in [-0.2, -0.15) is 21.6 Å². The topological polar surface area (TPSA) is 101 Å². The molecule has 0 aliphatic heterocycles. The van der Waals surface area contributed by atoms with Gasteiger partial charge in [-0.1, -0.05) is 37.3 Å². The van der Waals surface area contributed by atoms with Crippen LogP contribution in [0.5, 0.6) is 0 Å². The summed E-state index contributed by atoms with van der Waals surface area (Å²) < 4.78 is 75.4. The second-order valence-electron chi connectivity index (χ2n) is 4.49. The Labute approximate surface area is 125 Å². The maximum absolute atomic E-state index is 12.5. The van der Waals surface area contributed by atoms with Gasteiger partial charge in [-0.25, -0.2) is 4.18 Å². The Morgan fingerprint density at radius 1 is 1.18 bits per heavy atom. The average Bonchev–Trinajstić information content (AvgIpc) is 2.36. The molecular weight excluding hydrogens is 348 g/mol. The van der Waals surface area contributed by atoms with Gasteiger partial charge in [-0.3, -0.25) is 4.57 Å². The fourth-order valence-corrected chi connectivity index (χ4v) is 3.90. The largest absolute Gasteiger partial charge is 0.523 e. The summed E-state index contributed by atoms with van der Waals surface area (Å²) >= 11 is 0. The smallest absolute Gasteiger partial charge is 0.322 e. The van der Waals surface area contributed by atoms with Gasteiger partial charge in [-0.05, 0) is 12.0 Å². The molecule has 126 valence electrons. The lowest BCUT2D eigenvalue weighted by molar-refractivity contribution is -0.0608. The normalized spacial score (nSPS) is 16.3. The molecule has 0 aliphatic rings. The summed E-state index contributed by atoms with van der Waals surface area (Å²) in [6.45, 7) is 1.13. The highest BCUT2D eigenvalue weighted by atomic mass is 32.2. The van der Waals surface area contributed by atoms with Crippen molar-refractivity contribution >= 4 is 17.7 Å². The molecule has 22 heavy (non-hydrogen) atoms. The minimum Gasteiger partial charge on any atom is -0.322 e. The third-order valence-electron chi connectivity index (χ3n) is 2.95. The highest BCUT2D eigenvalue weighted by molar-refractivity contribution is 7.87. The minimum atomic E-state index is -6.16. The monoisotopic (exact) mass is 362 g/mol. The molecule has 1 rings (SSSR count). The van der Waals surface area contributed by atoms with Crippen LogP contribution in [0.1, 0.15) is 18.9 Å². The highest BCUT2D eigenvalue weighted by Crippen LogP contribution is 2.56. The van der Waals surface area contributed by atoms with E-state index in [1.807, 2.05) is 0 Å². The number of rotatable bonds is 6. The molecule has 1 atom stereocenters. The molecule has 0 aromatic heterocycles. The molecule has 6 nitrogen and oxygen atoms in total. The molecule has 0 fully saturated rings. The zero-order valence-electron chi connectivity index (χ0n) is 11.3. The first-order valence-corrected chi connectivity index (χ1v) is 8.98. The summed E-state index contributed by atoms with van der Waals surface area (Å²) in [6, 6.07) is 7.36. The lowest BCUT2D eigenvalue weighted by atomic mass is 10.1. The van der Waals surface area contributed by atoms with Crippen molar-refractivity contribution in [2.24, 2.45) is 0 Å². The van der Waals surface area contributed by atoms with E-state index in [9.17, 15) is 35.9 Å². The molecule has 11 heteroatoms. The molecule has 1 aromatic rings. The van der Waals surface area contributed by atoms with Crippen molar-refractivity contribution in [3.8, 4) is 0 Å². The maximum atomic E-state index is 12.5. The van der Waals surface area contributed by atoms with Gasteiger partial charge < -0.3 is 9.79 Å². The van der Waals surface area contributed by atoms with Crippen LogP contribution in [-0.4, -0.2) is 29.1 Å². The highest BCUT2D eigenvalue weighted by Gasteiger charge is 2.57. The Morgan fingerprint density at radius 2 is 1.68 bits per heavy atom. The molecule has 0 bridgehead atoms. The van der Waals surface area contributed by atoms with Gasteiger partial charge in [0.05, 0.1) is 0 Å². The van der Waals surface area contributed by atoms with Gasteiger partial charge in [0.15, 0.2) is 5.34 Å². The number of hydrogen-bond donors (Lipinski definition) is 2. The molecule has 0 heterocycles. The summed E-state index contributed by atoms with van der Waals surface area (Å²) in [5.41, 5.74) is -5.55. The number of halogens is 3. The SMILES string of the molecule is CCC(Cc1ccccc1)(OS(=O)(=O)C(F)(F)F)P(=O)(O)O. The molecule has 0 aliphatic carbocycles. The second kappa shape index (κ2) is 6.29. The second-order valence-corrected chi connectivity index (χ2v) is 7.93. The van der Waals surface area contributed by atoms with E-state index in [2.05, 4.69) is 4.18 Å². The summed E-state index contributed by atoms with van der Waals surface area (Å²) in [7, 11) is -11.5. The first-order chi connectivity index (χ1) is 9.85. The van der Waals surface area contributed by atoms with Crippen molar-refractivity contribution in [1.29, 1.82) is 0 Å². The molecule has 0 radical (unpaired) electrons. The van der Waals surface area contributed by atoms with E-state index in [4.69, 9.17) is 0 Å². The van der Waals surface area contributed by atoms with Crippen LogP contribution < -0.4 is 0 Å². The zero-order chi connectivity index (χ0) is 17.2. The van der Waals surface area contributed by atoms with Crippen LogP contribution in [0.3, 0.4) is 0 Å². The Morgan fingerprint density at radius 3 is 2.05 bits per heavy atom. The van der Waals surface area contributed by atoms with Crippen LogP contribution in [0.4, 0.5) is 13.2 Å². The van der Waals surface area contributed by atoms with Crippen molar-refractivity contribution in [2.45, 2.75) is 30.6 Å². The number of benzene rings is 1. The van der Waals surface area contributed by atoms with Gasteiger partial charge in [0.2, 0.25) is 0 Å².